The molecule has 0 aliphatic heterocycles. The molecule has 0 atom stereocenters. The quantitative estimate of drug-likeness (QED) is 0.896. The highest BCUT2D eigenvalue weighted by Crippen LogP contribution is 2.34. The van der Waals surface area contributed by atoms with Gasteiger partial charge in [-0.05, 0) is 24.3 Å². The van der Waals surface area contributed by atoms with Crippen LogP contribution in [0.2, 0.25) is 10.0 Å². The molecule has 0 aromatic heterocycles. The van der Waals surface area contributed by atoms with Crippen LogP contribution < -0.4 is 0 Å². The Morgan fingerprint density at radius 1 is 0.750 bits per heavy atom. The van der Waals surface area contributed by atoms with Crippen LogP contribution in [0, 0.1) is 0 Å². The molecule has 0 unspecified atom stereocenters. The van der Waals surface area contributed by atoms with Crippen molar-refractivity contribution in [3.05, 3.63) is 57.6 Å². The van der Waals surface area contributed by atoms with E-state index in [0.29, 0.717) is 11.1 Å². The van der Waals surface area contributed by atoms with E-state index in [1.165, 1.54) is 36.4 Å². The van der Waals surface area contributed by atoms with Crippen molar-refractivity contribution in [2.45, 2.75) is 0 Å². The van der Waals surface area contributed by atoms with E-state index in [0.717, 1.165) is 0 Å². The number of carboxylic acid groups (broad SMARTS) is 2. The third-order valence-corrected chi connectivity index (χ3v) is 3.35. The van der Waals surface area contributed by atoms with Crippen LogP contribution in [0.3, 0.4) is 0 Å². The number of hydrogen-bond acceptors (Lipinski definition) is 2. The summed E-state index contributed by atoms with van der Waals surface area (Å²) in [7, 11) is 0. The lowest BCUT2D eigenvalue weighted by Gasteiger charge is -2.08. The molecule has 2 aromatic rings. The van der Waals surface area contributed by atoms with Gasteiger partial charge < -0.3 is 10.2 Å². The Kier molecular flexibility index (Phi) is 3.97. The standard InChI is InChI=1S/C14H8Cl2O4/c15-11-5-7(13(17)18)1-3-9(11)10-4-2-8(14(19)20)6-12(10)16/h1-6H,(H,17,18)(H,19,20). The first-order chi connectivity index (χ1) is 9.40. The van der Waals surface area contributed by atoms with E-state index in [-0.39, 0.29) is 21.2 Å². The molecule has 0 aliphatic carbocycles. The van der Waals surface area contributed by atoms with Gasteiger partial charge in [-0.1, -0.05) is 35.3 Å². The third-order valence-electron chi connectivity index (χ3n) is 2.72. The maximum Gasteiger partial charge on any atom is 0.335 e. The van der Waals surface area contributed by atoms with Gasteiger partial charge in [-0.15, -0.1) is 0 Å². The summed E-state index contributed by atoms with van der Waals surface area (Å²) in [6.45, 7) is 0. The Morgan fingerprint density at radius 2 is 1.10 bits per heavy atom. The molecule has 4 nitrogen and oxygen atoms in total. The highest BCUT2D eigenvalue weighted by molar-refractivity contribution is 6.36. The molecule has 2 aromatic carbocycles. The van der Waals surface area contributed by atoms with E-state index in [9.17, 15) is 9.59 Å². The summed E-state index contributed by atoms with van der Waals surface area (Å²) >= 11 is 12.1. The van der Waals surface area contributed by atoms with Gasteiger partial charge in [-0.2, -0.15) is 0 Å². The molecule has 0 spiro atoms. The SMILES string of the molecule is O=C(O)c1ccc(-c2ccc(C(=O)O)cc2Cl)c(Cl)c1. The summed E-state index contributed by atoms with van der Waals surface area (Å²) in [4.78, 5) is 21.7. The van der Waals surface area contributed by atoms with E-state index in [1.807, 2.05) is 0 Å². The van der Waals surface area contributed by atoms with E-state index in [4.69, 9.17) is 33.4 Å². The fourth-order valence-electron chi connectivity index (χ4n) is 1.73. The highest BCUT2D eigenvalue weighted by Gasteiger charge is 2.13. The van der Waals surface area contributed by atoms with Crippen LogP contribution in [0.5, 0.6) is 0 Å². The van der Waals surface area contributed by atoms with Crippen LogP contribution >= 0.6 is 23.2 Å². The number of carboxylic acids is 2. The maximum atomic E-state index is 10.8. The molecule has 0 amide bonds. The van der Waals surface area contributed by atoms with Gasteiger partial charge >= 0.3 is 11.9 Å². The lowest BCUT2D eigenvalue weighted by Crippen LogP contribution is -1.97. The van der Waals surface area contributed by atoms with Gasteiger partial charge in [0, 0.05) is 21.2 Å². The topological polar surface area (TPSA) is 74.6 Å². The zero-order chi connectivity index (χ0) is 14.9. The highest BCUT2D eigenvalue weighted by atomic mass is 35.5. The van der Waals surface area contributed by atoms with Gasteiger partial charge in [0.1, 0.15) is 0 Å². The average molecular weight is 311 g/mol. The normalized spacial score (nSPS) is 10.3. The lowest BCUT2D eigenvalue weighted by atomic mass is 10.0. The van der Waals surface area contributed by atoms with Gasteiger partial charge in [-0.3, -0.25) is 0 Å². The number of benzene rings is 2. The Morgan fingerprint density at radius 3 is 1.35 bits per heavy atom. The predicted octanol–water partition coefficient (Wildman–Crippen LogP) is 4.06. The molecule has 0 bridgehead atoms. The van der Waals surface area contributed by atoms with E-state index in [2.05, 4.69) is 0 Å². The zero-order valence-electron chi connectivity index (χ0n) is 9.93. The second kappa shape index (κ2) is 5.53. The first-order valence-electron chi connectivity index (χ1n) is 5.46. The molecule has 0 heterocycles. The molecule has 6 heteroatoms. The van der Waals surface area contributed by atoms with Crippen molar-refractivity contribution in [2.75, 3.05) is 0 Å². The van der Waals surface area contributed by atoms with Crippen molar-refractivity contribution in [3.8, 4) is 11.1 Å². The van der Waals surface area contributed by atoms with Gasteiger partial charge in [0.05, 0.1) is 11.1 Å². The summed E-state index contributed by atoms with van der Waals surface area (Å²) in [5.41, 5.74) is 1.21. The van der Waals surface area contributed by atoms with Crippen LogP contribution in [-0.2, 0) is 0 Å². The largest absolute Gasteiger partial charge is 0.478 e. The smallest absolute Gasteiger partial charge is 0.335 e. The van der Waals surface area contributed by atoms with Crippen LogP contribution in [0.1, 0.15) is 20.7 Å². The summed E-state index contributed by atoms with van der Waals surface area (Å²) in [6, 6.07) is 8.53. The van der Waals surface area contributed by atoms with Crippen LogP contribution in [-0.4, -0.2) is 22.2 Å². The van der Waals surface area contributed by atoms with Crippen molar-refractivity contribution < 1.29 is 19.8 Å². The van der Waals surface area contributed by atoms with E-state index >= 15 is 0 Å². The average Bonchev–Trinajstić information content (AvgIpc) is 2.38. The summed E-state index contributed by atoms with van der Waals surface area (Å²) in [5, 5.41) is 18.2. The molecule has 0 saturated carbocycles. The van der Waals surface area contributed by atoms with Gasteiger partial charge in [0.25, 0.3) is 0 Å². The Labute approximate surface area is 124 Å². The van der Waals surface area contributed by atoms with Crippen LogP contribution in [0.4, 0.5) is 0 Å². The van der Waals surface area contributed by atoms with Crippen molar-refractivity contribution >= 4 is 35.1 Å². The monoisotopic (exact) mass is 310 g/mol. The summed E-state index contributed by atoms with van der Waals surface area (Å²) in [6.07, 6.45) is 0. The summed E-state index contributed by atoms with van der Waals surface area (Å²) in [5.74, 6) is -2.16. The fraction of sp³-hybridized carbons (Fsp3) is 0. The molecule has 0 saturated heterocycles. The number of aromatic carboxylic acids is 2. The second-order valence-electron chi connectivity index (χ2n) is 4.00. The van der Waals surface area contributed by atoms with Crippen LogP contribution in [0.25, 0.3) is 11.1 Å². The molecule has 2 rings (SSSR count). The number of carbonyl (C=O) groups is 2. The molecular formula is C14H8Cl2O4. The van der Waals surface area contributed by atoms with Gasteiger partial charge in [-0.25, -0.2) is 9.59 Å². The molecule has 20 heavy (non-hydrogen) atoms. The molecular weight excluding hydrogens is 303 g/mol. The van der Waals surface area contributed by atoms with Gasteiger partial charge in [0.15, 0.2) is 0 Å². The molecule has 0 radical (unpaired) electrons. The molecule has 102 valence electrons. The minimum Gasteiger partial charge on any atom is -0.478 e. The van der Waals surface area contributed by atoms with Crippen LogP contribution in [0.15, 0.2) is 36.4 Å². The maximum absolute atomic E-state index is 10.8. The minimum absolute atomic E-state index is 0.0667. The number of rotatable bonds is 3. The molecule has 0 aliphatic rings. The van der Waals surface area contributed by atoms with Crippen molar-refractivity contribution in [3.63, 3.8) is 0 Å². The first-order valence-corrected chi connectivity index (χ1v) is 6.22. The second-order valence-corrected chi connectivity index (χ2v) is 4.81. The van der Waals surface area contributed by atoms with Gasteiger partial charge in [0.2, 0.25) is 0 Å². The number of halogens is 2. The van der Waals surface area contributed by atoms with E-state index < -0.39 is 11.9 Å². The van der Waals surface area contributed by atoms with Crippen molar-refractivity contribution in [2.24, 2.45) is 0 Å². The third kappa shape index (κ3) is 2.76. The summed E-state index contributed by atoms with van der Waals surface area (Å²) < 4.78 is 0. The Hall–Kier alpha value is -2.04. The number of hydrogen-bond donors (Lipinski definition) is 2. The first kappa shape index (κ1) is 14.4. The Balaban J connectivity index is 2.52. The van der Waals surface area contributed by atoms with Crippen molar-refractivity contribution in [1.82, 2.24) is 0 Å². The lowest BCUT2D eigenvalue weighted by molar-refractivity contribution is 0.0686. The fourth-order valence-corrected chi connectivity index (χ4v) is 2.30. The van der Waals surface area contributed by atoms with Crippen molar-refractivity contribution in [1.29, 1.82) is 0 Å². The predicted molar refractivity (Wildman–Crippen MR) is 75.8 cm³/mol. The van der Waals surface area contributed by atoms with E-state index in [1.54, 1.807) is 0 Å². The zero-order valence-corrected chi connectivity index (χ0v) is 11.4. The minimum atomic E-state index is -1.08. The molecule has 2 N–H and O–H groups in total. The molecule has 0 fully saturated rings. The Bertz CT molecular complexity index is 649.